The highest BCUT2D eigenvalue weighted by atomic mass is 19.1. The second-order valence-corrected chi connectivity index (χ2v) is 5.34. The molecule has 0 saturated carbocycles. The SMILES string of the molecule is CC1(C(=O)NCc2ccccc2F)COc2ccccc2O1. The predicted octanol–water partition coefficient (Wildman–Crippen LogP) is 2.67. The van der Waals surface area contributed by atoms with Crippen LogP contribution in [0.25, 0.3) is 0 Å². The molecule has 3 rings (SSSR count). The maximum atomic E-state index is 13.6. The largest absolute Gasteiger partial charge is 0.485 e. The molecule has 5 heteroatoms. The number of halogens is 1. The van der Waals surface area contributed by atoms with Gasteiger partial charge in [-0.15, -0.1) is 0 Å². The normalized spacial score (nSPS) is 19.5. The van der Waals surface area contributed by atoms with Gasteiger partial charge in [0.15, 0.2) is 11.5 Å². The Morgan fingerprint density at radius 3 is 2.64 bits per heavy atom. The first kappa shape index (κ1) is 14.4. The second-order valence-electron chi connectivity index (χ2n) is 5.34. The van der Waals surface area contributed by atoms with E-state index in [1.165, 1.54) is 6.07 Å². The van der Waals surface area contributed by atoms with Crippen molar-refractivity contribution in [3.63, 3.8) is 0 Å². The minimum atomic E-state index is -1.14. The molecule has 0 aliphatic carbocycles. The van der Waals surface area contributed by atoms with Crippen molar-refractivity contribution in [1.82, 2.24) is 5.32 Å². The molecule has 1 unspecified atom stereocenters. The van der Waals surface area contributed by atoms with E-state index in [9.17, 15) is 9.18 Å². The molecule has 1 atom stereocenters. The Hall–Kier alpha value is -2.56. The summed E-state index contributed by atoms with van der Waals surface area (Å²) in [4.78, 5) is 12.4. The third kappa shape index (κ3) is 2.74. The lowest BCUT2D eigenvalue weighted by molar-refractivity contribution is -0.140. The number of carbonyl (C=O) groups excluding carboxylic acids is 1. The molecule has 0 saturated heterocycles. The number of ether oxygens (including phenoxy) is 2. The zero-order valence-corrected chi connectivity index (χ0v) is 12.1. The number of benzene rings is 2. The van der Waals surface area contributed by atoms with Gasteiger partial charge >= 0.3 is 0 Å². The van der Waals surface area contributed by atoms with Gasteiger partial charge in [0, 0.05) is 12.1 Å². The Kier molecular flexibility index (Phi) is 3.71. The minimum absolute atomic E-state index is 0.103. The lowest BCUT2D eigenvalue weighted by Crippen LogP contribution is -2.54. The third-order valence-electron chi connectivity index (χ3n) is 3.57. The lowest BCUT2D eigenvalue weighted by Gasteiger charge is -2.34. The summed E-state index contributed by atoms with van der Waals surface area (Å²) in [7, 11) is 0. The molecule has 1 amide bonds. The summed E-state index contributed by atoms with van der Waals surface area (Å²) >= 11 is 0. The third-order valence-corrected chi connectivity index (χ3v) is 3.57. The van der Waals surface area contributed by atoms with Crippen LogP contribution >= 0.6 is 0 Å². The number of hydrogen-bond donors (Lipinski definition) is 1. The molecule has 1 aliphatic rings. The molecule has 0 aromatic heterocycles. The second kappa shape index (κ2) is 5.67. The van der Waals surface area contributed by atoms with Gasteiger partial charge in [-0.2, -0.15) is 0 Å². The quantitative estimate of drug-likeness (QED) is 0.948. The van der Waals surface area contributed by atoms with E-state index >= 15 is 0 Å². The van der Waals surface area contributed by atoms with E-state index in [4.69, 9.17) is 9.47 Å². The van der Waals surface area contributed by atoms with Gasteiger partial charge in [-0.3, -0.25) is 4.79 Å². The van der Waals surface area contributed by atoms with Crippen LogP contribution in [0.2, 0.25) is 0 Å². The molecule has 0 fully saturated rings. The van der Waals surface area contributed by atoms with Crippen molar-refractivity contribution in [3.8, 4) is 11.5 Å². The summed E-state index contributed by atoms with van der Waals surface area (Å²) in [5.74, 6) is 0.448. The molecule has 0 radical (unpaired) electrons. The molecule has 2 aromatic carbocycles. The van der Waals surface area contributed by atoms with Crippen molar-refractivity contribution < 1.29 is 18.7 Å². The number of carbonyl (C=O) groups is 1. The predicted molar refractivity (Wildman–Crippen MR) is 79.2 cm³/mol. The number of hydrogen-bond acceptors (Lipinski definition) is 3. The van der Waals surface area contributed by atoms with E-state index in [1.807, 2.05) is 12.1 Å². The van der Waals surface area contributed by atoms with Crippen LogP contribution in [-0.4, -0.2) is 18.1 Å². The molecule has 22 heavy (non-hydrogen) atoms. The molecule has 4 nitrogen and oxygen atoms in total. The molecular formula is C17H16FNO3. The Bertz CT molecular complexity index is 704. The average Bonchev–Trinajstić information content (AvgIpc) is 2.53. The van der Waals surface area contributed by atoms with Crippen molar-refractivity contribution in [3.05, 3.63) is 59.9 Å². The Labute approximate surface area is 127 Å². The number of amides is 1. The van der Waals surface area contributed by atoms with E-state index < -0.39 is 5.60 Å². The Balaban J connectivity index is 1.69. The molecule has 0 spiro atoms. The van der Waals surface area contributed by atoms with Gasteiger partial charge in [0.05, 0.1) is 0 Å². The van der Waals surface area contributed by atoms with E-state index in [2.05, 4.69) is 5.32 Å². The van der Waals surface area contributed by atoms with E-state index in [1.54, 1.807) is 37.3 Å². The first-order chi connectivity index (χ1) is 10.6. The van der Waals surface area contributed by atoms with Crippen LogP contribution in [0, 0.1) is 5.82 Å². The van der Waals surface area contributed by atoms with Gasteiger partial charge in [0.1, 0.15) is 12.4 Å². The zero-order valence-electron chi connectivity index (χ0n) is 12.1. The molecule has 1 aliphatic heterocycles. The minimum Gasteiger partial charge on any atom is -0.485 e. The van der Waals surface area contributed by atoms with Crippen LogP contribution < -0.4 is 14.8 Å². The summed E-state index contributed by atoms with van der Waals surface area (Å²) < 4.78 is 24.9. The average molecular weight is 301 g/mol. The number of nitrogens with one attached hydrogen (secondary N) is 1. The topological polar surface area (TPSA) is 47.6 Å². The van der Waals surface area contributed by atoms with E-state index in [0.29, 0.717) is 17.1 Å². The number of para-hydroxylation sites is 2. The standard InChI is InChI=1S/C17H16FNO3/c1-17(11-21-14-8-4-5-9-15(14)22-17)16(20)19-10-12-6-2-3-7-13(12)18/h2-9H,10-11H2,1H3,(H,19,20). The molecule has 1 heterocycles. The number of rotatable bonds is 3. The maximum Gasteiger partial charge on any atom is 0.267 e. The van der Waals surface area contributed by atoms with Crippen molar-refractivity contribution in [1.29, 1.82) is 0 Å². The Morgan fingerprint density at radius 1 is 1.18 bits per heavy atom. The maximum absolute atomic E-state index is 13.6. The summed E-state index contributed by atoms with van der Waals surface area (Å²) in [5, 5.41) is 2.70. The van der Waals surface area contributed by atoms with Crippen LogP contribution in [-0.2, 0) is 11.3 Å². The smallest absolute Gasteiger partial charge is 0.267 e. The highest BCUT2D eigenvalue weighted by molar-refractivity contribution is 5.85. The van der Waals surface area contributed by atoms with Crippen LogP contribution in [0.1, 0.15) is 12.5 Å². The monoisotopic (exact) mass is 301 g/mol. The molecular weight excluding hydrogens is 285 g/mol. The van der Waals surface area contributed by atoms with Gasteiger partial charge in [-0.1, -0.05) is 30.3 Å². The first-order valence-electron chi connectivity index (χ1n) is 7.01. The van der Waals surface area contributed by atoms with Crippen LogP contribution in [0.15, 0.2) is 48.5 Å². The fraction of sp³-hybridized carbons (Fsp3) is 0.235. The van der Waals surface area contributed by atoms with Crippen LogP contribution in [0.4, 0.5) is 4.39 Å². The fourth-order valence-electron chi connectivity index (χ4n) is 2.26. The molecule has 1 N–H and O–H groups in total. The molecule has 0 bridgehead atoms. The summed E-state index contributed by atoms with van der Waals surface area (Å²) in [6.07, 6.45) is 0. The van der Waals surface area contributed by atoms with Crippen molar-refractivity contribution in [2.24, 2.45) is 0 Å². The van der Waals surface area contributed by atoms with Gasteiger partial charge < -0.3 is 14.8 Å². The highest BCUT2D eigenvalue weighted by Crippen LogP contribution is 2.34. The van der Waals surface area contributed by atoms with Crippen molar-refractivity contribution >= 4 is 5.91 Å². The molecule has 2 aromatic rings. The van der Waals surface area contributed by atoms with Crippen LogP contribution in [0.3, 0.4) is 0 Å². The Morgan fingerprint density at radius 2 is 1.86 bits per heavy atom. The van der Waals surface area contributed by atoms with Gasteiger partial charge in [-0.05, 0) is 25.1 Å². The fourth-order valence-corrected chi connectivity index (χ4v) is 2.26. The van der Waals surface area contributed by atoms with E-state index in [-0.39, 0.29) is 24.9 Å². The van der Waals surface area contributed by atoms with Crippen molar-refractivity contribution in [2.45, 2.75) is 19.1 Å². The van der Waals surface area contributed by atoms with Gasteiger partial charge in [0.25, 0.3) is 5.91 Å². The molecule has 114 valence electrons. The first-order valence-corrected chi connectivity index (χ1v) is 7.01. The van der Waals surface area contributed by atoms with E-state index in [0.717, 1.165) is 0 Å². The van der Waals surface area contributed by atoms with Crippen LogP contribution in [0.5, 0.6) is 11.5 Å². The number of fused-ring (bicyclic) bond motifs is 1. The zero-order chi connectivity index (χ0) is 15.6. The van der Waals surface area contributed by atoms with Crippen molar-refractivity contribution in [2.75, 3.05) is 6.61 Å². The summed E-state index contributed by atoms with van der Waals surface area (Å²) in [6.45, 7) is 1.86. The van der Waals surface area contributed by atoms with Gasteiger partial charge in [0.2, 0.25) is 5.60 Å². The lowest BCUT2D eigenvalue weighted by atomic mass is 10.1. The highest BCUT2D eigenvalue weighted by Gasteiger charge is 2.40. The summed E-state index contributed by atoms with van der Waals surface area (Å²) in [6, 6.07) is 13.5. The van der Waals surface area contributed by atoms with Gasteiger partial charge in [-0.25, -0.2) is 4.39 Å². The summed E-state index contributed by atoms with van der Waals surface area (Å²) in [5.41, 5.74) is -0.712.